The minimum absolute atomic E-state index is 0.667. The van der Waals surface area contributed by atoms with E-state index < -0.39 is 0 Å². The zero-order valence-electron chi connectivity index (χ0n) is 7.51. The van der Waals surface area contributed by atoms with Gasteiger partial charge in [0, 0.05) is 18.3 Å². The van der Waals surface area contributed by atoms with Gasteiger partial charge in [-0.1, -0.05) is 5.92 Å². The molecule has 0 saturated carbocycles. The summed E-state index contributed by atoms with van der Waals surface area (Å²) in [7, 11) is 1.84. The van der Waals surface area contributed by atoms with Crippen molar-refractivity contribution in [3.8, 4) is 12.3 Å². The molecule has 0 bridgehead atoms. The second kappa shape index (κ2) is 2.86. The Hall–Kier alpha value is -1.49. The van der Waals surface area contributed by atoms with E-state index >= 15 is 0 Å². The maximum atomic E-state index is 10.6. The monoisotopic (exact) mass is 161 g/mol. The van der Waals surface area contributed by atoms with Gasteiger partial charge in [-0.25, -0.2) is 0 Å². The number of carbonyl (C=O) groups excluding carboxylic acids is 1. The topological polar surface area (TPSA) is 22.0 Å². The van der Waals surface area contributed by atoms with E-state index in [0.29, 0.717) is 5.69 Å². The van der Waals surface area contributed by atoms with Crippen molar-refractivity contribution in [3.05, 3.63) is 22.5 Å². The van der Waals surface area contributed by atoms with Crippen LogP contribution in [-0.4, -0.2) is 10.9 Å². The van der Waals surface area contributed by atoms with E-state index in [1.54, 1.807) is 0 Å². The number of aldehydes is 1. The van der Waals surface area contributed by atoms with Gasteiger partial charge in [-0.2, -0.15) is 0 Å². The molecule has 0 radical (unpaired) electrons. The predicted octanol–water partition coefficient (Wildman–Crippen LogP) is 1.44. The van der Waals surface area contributed by atoms with Gasteiger partial charge in [0.25, 0.3) is 0 Å². The van der Waals surface area contributed by atoms with Gasteiger partial charge in [-0.05, 0) is 19.4 Å². The largest absolute Gasteiger partial charge is 0.344 e. The van der Waals surface area contributed by atoms with Gasteiger partial charge in [0.2, 0.25) is 0 Å². The Bertz CT molecular complexity index is 366. The van der Waals surface area contributed by atoms with Crippen LogP contribution in [0.25, 0.3) is 0 Å². The Labute approximate surface area is 72.2 Å². The van der Waals surface area contributed by atoms with Crippen LogP contribution >= 0.6 is 0 Å². The molecule has 1 rings (SSSR count). The molecule has 12 heavy (non-hydrogen) atoms. The molecule has 0 aromatic carbocycles. The van der Waals surface area contributed by atoms with Crippen LogP contribution in [0, 0.1) is 26.2 Å². The highest BCUT2D eigenvalue weighted by atomic mass is 16.1. The summed E-state index contributed by atoms with van der Waals surface area (Å²) in [6.07, 6.45) is 6.15. The van der Waals surface area contributed by atoms with Crippen LogP contribution in [-0.2, 0) is 7.05 Å². The lowest BCUT2D eigenvalue weighted by molar-refractivity contribution is 0.111. The summed E-state index contributed by atoms with van der Waals surface area (Å²) >= 11 is 0. The molecule has 2 heteroatoms. The molecule has 1 aromatic heterocycles. The van der Waals surface area contributed by atoms with Crippen molar-refractivity contribution < 1.29 is 4.79 Å². The molecule has 0 N–H and O–H groups in total. The molecule has 2 nitrogen and oxygen atoms in total. The first-order chi connectivity index (χ1) is 5.63. The standard InChI is InChI=1S/C10H11NO/c1-5-9-7(2)10(6-12)11(4)8(9)3/h1,6H,2-4H3. The quantitative estimate of drug-likeness (QED) is 0.451. The van der Waals surface area contributed by atoms with Gasteiger partial charge in [-0.15, -0.1) is 6.42 Å². The van der Waals surface area contributed by atoms with E-state index in [1.165, 1.54) is 0 Å². The van der Waals surface area contributed by atoms with E-state index in [-0.39, 0.29) is 0 Å². The minimum Gasteiger partial charge on any atom is -0.344 e. The fourth-order valence-electron chi connectivity index (χ4n) is 1.38. The summed E-state index contributed by atoms with van der Waals surface area (Å²) in [4.78, 5) is 10.6. The SMILES string of the molecule is C#Cc1c(C)c(C=O)n(C)c1C. The average Bonchev–Trinajstić information content (AvgIpc) is 2.25. The number of hydrogen-bond donors (Lipinski definition) is 0. The summed E-state index contributed by atoms with van der Waals surface area (Å²) in [5.41, 5.74) is 3.37. The summed E-state index contributed by atoms with van der Waals surface area (Å²) in [5.74, 6) is 2.58. The van der Waals surface area contributed by atoms with Crippen molar-refractivity contribution in [1.29, 1.82) is 0 Å². The van der Waals surface area contributed by atoms with Gasteiger partial charge in [0.05, 0.1) is 5.69 Å². The van der Waals surface area contributed by atoms with Crippen LogP contribution in [0.4, 0.5) is 0 Å². The molecule has 0 amide bonds. The Morgan fingerprint density at radius 3 is 2.33 bits per heavy atom. The highest BCUT2D eigenvalue weighted by molar-refractivity contribution is 5.77. The van der Waals surface area contributed by atoms with E-state index in [0.717, 1.165) is 23.1 Å². The smallest absolute Gasteiger partial charge is 0.166 e. The molecule has 0 saturated heterocycles. The summed E-state index contributed by atoms with van der Waals surface area (Å²) in [6, 6.07) is 0. The van der Waals surface area contributed by atoms with E-state index in [9.17, 15) is 4.79 Å². The Balaban J connectivity index is 3.56. The predicted molar refractivity (Wildman–Crippen MR) is 48.2 cm³/mol. The van der Waals surface area contributed by atoms with Gasteiger partial charge >= 0.3 is 0 Å². The number of hydrogen-bond acceptors (Lipinski definition) is 1. The third kappa shape index (κ3) is 0.947. The highest BCUT2D eigenvalue weighted by Crippen LogP contribution is 2.17. The Kier molecular flexibility index (Phi) is 2.05. The fourth-order valence-corrected chi connectivity index (χ4v) is 1.38. The third-order valence-electron chi connectivity index (χ3n) is 2.24. The molecular weight excluding hydrogens is 150 g/mol. The number of carbonyl (C=O) groups is 1. The molecule has 0 aliphatic carbocycles. The van der Waals surface area contributed by atoms with Crippen molar-refractivity contribution >= 4 is 6.29 Å². The molecule has 0 fully saturated rings. The van der Waals surface area contributed by atoms with Crippen molar-refractivity contribution in [1.82, 2.24) is 4.57 Å². The lowest BCUT2D eigenvalue weighted by atomic mass is 10.1. The second-order valence-corrected chi connectivity index (χ2v) is 2.79. The lowest BCUT2D eigenvalue weighted by Gasteiger charge is -1.96. The summed E-state index contributed by atoms with van der Waals surface area (Å²) in [6.45, 7) is 3.78. The Morgan fingerprint density at radius 2 is 2.08 bits per heavy atom. The first-order valence-corrected chi connectivity index (χ1v) is 3.71. The van der Waals surface area contributed by atoms with Crippen molar-refractivity contribution in [2.24, 2.45) is 7.05 Å². The van der Waals surface area contributed by atoms with Crippen LogP contribution in [0.1, 0.15) is 27.3 Å². The van der Waals surface area contributed by atoms with Gasteiger partial charge in [0.1, 0.15) is 0 Å². The fraction of sp³-hybridized carbons (Fsp3) is 0.300. The van der Waals surface area contributed by atoms with E-state index in [4.69, 9.17) is 6.42 Å². The number of nitrogens with zero attached hydrogens (tertiary/aromatic N) is 1. The number of aromatic nitrogens is 1. The van der Waals surface area contributed by atoms with Crippen molar-refractivity contribution in [3.63, 3.8) is 0 Å². The maximum Gasteiger partial charge on any atom is 0.166 e. The van der Waals surface area contributed by atoms with Crippen LogP contribution in [0.5, 0.6) is 0 Å². The molecule has 1 heterocycles. The first-order valence-electron chi connectivity index (χ1n) is 3.71. The summed E-state index contributed by atoms with van der Waals surface area (Å²) in [5, 5.41) is 0. The molecule has 0 aliphatic rings. The second-order valence-electron chi connectivity index (χ2n) is 2.79. The van der Waals surface area contributed by atoms with Crippen LogP contribution in [0.3, 0.4) is 0 Å². The molecule has 62 valence electrons. The van der Waals surface area contributed by atoms with E-state index in [2.05, 4.69) is 5.92 Å². The van der Waals surface area contributed by atoms with Gasteiger partial charge in [-0.3, -0.25) is 4.79 Å². The zero-order chi connectivity index (χ0) is 9.30. The van der Waals surface area contributed by atoms with Gasteiger partial charge < -0.3 is 4.57 Å². The van der Waals surface area contributed by atoms with Crippen molar-refractivity contribution in [2.75, 3.05) is 0 Å². The number of rotatable bonds is 1. The maximum absolute atomic E-state index is 10.6. The van der Waals surface area contributed by atoms with Crippen LogP contribution in [0.15, 0.2) is 0 Å². The molecular formula is C10H11NO. The zero-order valence-corrected chi connectivity index (χ0v) is 7.51. The highest BCUT2D eigenvalue weighted by Gasteiger charge is 2.11. The van der Waals surface area contributed by atoms with Crippen molar-refractivity contribution in [2.45, 2.75) is 13.8 Å². The molecule has 0 unspecified atom stereocenters. The van der Waals surface area contributed by atoms with Crippen LogP contribution < -0.4 is 0 Å². The lowest BCUT2D eigenvalue weighted by Crippen LogP contribution is -1.96. The first kappa shape index (κ1) is 8.61. The third-order valence-corrected chi connectivity index (χ3v) is 2.24. The van der Waals surface area contributed by atoms with E-state index in [1.807, 2.05) is 25.5 Å². The van der Waals surface area contributed by atoms with Crippen LogP contribution in [0.2, 0.25) is 0 Å². The van der Waals surface area contributed by atoms with Gasteiger partial charge in [0.15, 0.2) is 6.29 Å². The molecule has 0 atom stereocenters. The molecule has 0 aliphatic heterocycles. The molecule has 0 spiro atoms. The summed E-state index contributed by atoms with van der Waals surface area (Å²) < 4.78 is 1.82. The Morgan fingerprint density at radius 1 is 1.50 bits per heavy atom. The molecule has 1 aromatic rings. The average molecular weight is 161 g/mol. The minimum atomic E-state index is 0.667. The number of terminal acetylenes is 1. The normalized spacial score (nSPS) is 9.50.